The van der Waals surface area contributed by atoms with E-state index < -0.39 is 24.0 Å². The van der Waals surface area contributed by atoms with E-state index in [1.165, 1.54) is 12.1 Å². The predicted molar refractivity (Wildman–Crippen MR) is 86.9 cm³/mol. The van der Waals surface area contributed by atoms with Crippen molar-refractivity contribution in [1.82, 2.24) is 4.98 Å². The number of nitrogens with one attached hydrogen (secondary N) is 1. The van der Waals surface area contributed by atoms with Crippen LogP contribution in [0.4, 0.5) is 4.39 Å². The Hall–Kier alpha value is -2.37. The number of hydrogen-bond acceptors (Lipinski definition) is 3. The van der Waals surface area contributed by atoms with Gasteiger partial charge in [0.2, 0.25) is 5.78 Å². The molecule has 0 saturated carbocycles. The summed E-state index contributed by atoms with van der Waals surface area (Å²) in [5, 5.41) is 11.9. The quantitative estimate of drug-likeness (QED) is 0.722. The first-order valence-electron chi connectivity index (χ1n) is 6.86. The normalized spacial score (nSPS) is 11.0. The number of H-pyrrole nitrogens is 1. The molecule has 0 spiro atoms. The van der Waals surface area contributed by atoms with E-state index in [0.29, 0.717) is 15.9 Å². The van der Waals surface area contributed by atoms with Crippen LogP contribution < -0.4 is 5.11 Å². The molecule has 0 amide bonds. The highest BCUT2D eigenvalue weighted by molar-refractivity contribution is 6.31. The van der Waals surface area contributed by atoms with E-state index >= 15 is 0 Å². The molecule has 1 heterocycles. The number of hydrogen-bond donors (Lipinski definition) is 1. The van der Waals surface area contributed by atoms with Crippen LogP contribution in [0.1, 0.15) is 21.6 Å². The zero-order valence-corrected chi connectivity index (χ0v) is 13.5. The summed E-state index contributed by atoms with van der Waals surface area (Å²) in [5.74, 6) is -2.61. The van der Waals surface area contributed by atoms with Gasteiger partial charge in [-0.2, -0.15) is 0 Å². The molecule has 0 unspecified atom stereocenters. The van der Waals surface area contributed by atoms with Crippen molar-refractivity contribution in [3.8, 4) is 0 Å². The SMILES string of the molecule is O=C([O-])Cc1c(C(=O)c2ccc(Cl)c(F)c2)[nH]c2cc(Cl)ccc12. The minimum absolute atomic E-state index is 0.0501. The lowest BCUT2D eigenvalue weighted by Crippen LogP contribution is -2.25. The van der Waals surface area contributed by atoms with Gasteiger partial charge in [-0.25, -0.2) is 4.39 Å². The smallest absolute Gasteiger partial charge is 0.209 e. The minimum atomic E-state index is -1.33. The fourth-order valence-corrected chi connectivity index (χ4v) is 2.82. The number of carboxylic acid groups (broad SMARTS) is 1. The lowest BCUT2D eigenvalue weighted by molar-refractivity contribution is -0.304. The third-order valence-electron chi connectivity index (χ3n) is 3.60. The fraction of sp³-hybridized carbons (Fsp3) is 0.0588. The molecular formula is C17H9Cl2FNO3-. The van der Waals surface area contributed by atoms with Crippen LogP contribution in [0.5, 0.6) is 0 Å². The van der Waals surface area contributed by atoms with Crippen molar-refractivity contribution >= 4 is 45.9 Å². The molecular weight excluding hydrogens is 356 g/mol. The Balaban J connectivity index is 2.18. The van der Waals surface area contributed by atoms with Crippen molar-refractivity contribution < 1.29 is 19.1 Å². The van der Waals surface area contributed by atoms with Crippen LogP contribution in [-0.4, -0.2) is 16.7 Å². The van der Waals surface area contributed by atoms with Crippen LogP contribution in [0.2, 0.25) is 10.0 Å². The standard InChI is InChI=1S/C17H10Cl2FNO3/c18-9-2-3-10-11(7-15(22)23)16(21-14(10)6-9)17(24)8-1-4-12(19)13(20)5-8/h1-6,21H,7H2,(H,22,23)/p-1. The van der Waals surface area contributed by atoms with Crippen LogP contribution in [0.25, 0.3) is 10.9 Å². The summed E-state index contributed by atoms with van der Waals surface area (Å²) in [6, 6.07) is 8.43. The van der Waals surface area contributed by atoms with E-state index in [-0.39, 0.29) is 21.8 Å². The number of fused-ring (bicyclic) bond motifs is 1. The molecule has 7 heteroatoms. The zero-order chi connectivity index (χ0) is 17.4. The topological polar surface area (TPSA) is 73.0 Å². The van der Waals surface area contributed by atoms with E-state index in [1.807, 2.05) is 0 Å². The molecule has 2 aromatic carbocycles. The molecule has 0 fully saturated rings. The Labute approximate surface area is 145 Å². The summed E-state index contributed by atoms with van der Waals surface area (Å²) in [6.45, 7) is 0. The molecule has 0 aliphatic carbocycles. The van der Waals surface area contributed by atoms with Crippen LogP contribution in [0.15, 0.2) is 36.4 Å². The van der Waals surface area contributed by atoms with Gasteiger partial charge in [0.25, 0.3) is 0 Å². The summed E-state index contributed by atoms with van der Waals surface area (Å²) >= 11 is 11.5. The van der Waals surface area contributed by atoms with E-state index in [4.69, 9.17) is 23.2 Å². The molecule has 0 aliphatic heterocycles. The second-order valence-corrected chi connectivity index (χ2v) is 6.02. The van der Waals surface area contributed by atoms with Gasteiger partial charge in [0.1, 0.15) is 5.82 Å². The summed E-state index contributed by atoms with van der Waals surface area (Å²) in [4.78, 5) is 26.6. The molecule has 4 nitrogen and oxygen atoms in total. The highest BCUT2D eigenvalue weighted by Gasteiger charge is 2.20. The number of ketones is 1. The van der Waals surface area contributed by atoms with Crippen LogP contribution in [-0.2, 0) is 11.2 Å². The second-order valence-electron chi connectivity index (χ2n) is 5.18. The summed E-state index contributed by atoms with van der Waals surface area (Å²) < 4.78 is 13.6. The fourth-order valence-electron chi connectivity index (χ4n) is 2.53. The molecule has 3 rings (SSSR count). The van der Waals surface area contributed by atoms with Crippen LogP contribution in [0.3, 0.4) is 0 Å². The van der Waals surface area contributed by atoms with E-state index in [1.54, 1.807) is 18.2 Å². The first kappa shape index (κ1) is 16.5. The van der Waals surface area contributed by atoms with Crippen LogP contribution in [0, 0.1) is 5.82 Å². The number of halogens is 3. The van der Waals surface area contributed by atoms with Crippen LogP contribution >= 0.6 is 23.2 Å². The third-order valence-corrected chi connectivity index (χ3v) is 4.14. The molecule has 0 atom stereocenters. The van der Waals surface area contributed by atoms with Crippen molar-refractivity contribution in [1.29, 1.82) is 0 Å². The van der Waals surface area contributed by atoms with Gasteiger partial charge < -0.3 is 14.9 Å². The van der Waals surface area contributed by atoms with Crippen molar-refractivity contribution in [3.63, 3.8) is 0 Å². The average molecular weight is 365 g/mol. The number of carbonyl (C=O) groups excluding carboxylic acids is 2. The van der Waals surface area contributed by atoms with E-state index in [0.717, 1.165) is 6.07 Å². The maximum Gasteiger partial charge on any atom is 0.209 e. The number of aromatic amines is 1. The molecule has 1 N–H and O–H groups in total. The average Bonchev–Trinajstić information content (AvgIpc) is 2.86. The van der Waals surface area contributed by atoms with Crippen molar-refractivity contribution in [3.05, 3.63) is 69.1 Å². The summed E-state index contributed by atoms with van der Waals surface area (Å²) in [5.41, 5.74) is 0.880. The Kier molecular flexibility index (Phi) is 4.30. The largest absolute Gasteiger partial charge is 0.550 e. The van der Waals surface area contributed by atoms with Crippen molar-refractivity contribution in [2.45, 2.75) is 6.42 Å². The Morgan fingerprint density at radius 1 is 1.12 bits per heavy atom. The van der Waals surface area contributed by atoms with Gasteiger partial charge in [-0.05, 0) is 35.9 Å². The summed E-state index contributed by atoms with van der Waals surface area (Å²) in [6.07, 6.45) is -0.460. The molecule has 0 radical (unpaired) electrons. The second kappa shape index (κ2) is 6.26. The monoisotopic (exact) mass is 364 g/mol. The van der Waals surface area contributed by atoms with Gasteiger partial charge in [-0.1, -0.05) is 29.3 Å². The molecule has 24 heavy (non-hydrogen) atoms. The highest BCUT2D eigenvalue weighted by Crippen LogP contribution is 2.28. The van der Waals surface area contributed by atoms with Crippen molar-refractivity contribution in [2.75, 3.05) is 0 Å². The van der Waals surface area contributed by atoms with Gasteiger partial charge in [0.05, 0.1) is 10.7 Å². The molecule has 122 valence electrons. The number of carboxylic acids is 1. The number of benzene rings is 2. The lowest BCUT2D eigenvalue weighted by Gasteiger charge is -2.06. The lowest BCUT2D eigenvalue weighted by atomic mass is 10.0. The minimum Gasteiger partial charge on any atom is -0.550 e. The van der Waals surface area contributed by atoms with Gasteiger partial charge >= 0.3 is 0 Å². The molecule has 0 saturated heterocycles. The van der Waals surface area contributed by atoms with Gasteiger partial charge in [-0.3, -0.25) is 4.79 Å². The first-order valence-corrected chi connectivity index (χ1v) is 7.62. The molecule has 0 aliphatic rings. The van der Waals surface area contributed by atoms with Gasteiger partial charge in [0.15, 0.2) is 0 Å². The van der Waals surface area contributed by atoms with E-state index in [2.05, 4.69) is 4.98 Å². The first-order chi connectivity index (χ1) is 11.4. The van der Waals surface area contributed by atoms with Crippen molar-refractivity contribution in [2.24, 2.45) is 0 Å². The maximum absolute atomic E-state index is 13.6. The Morgan fingerprint density at radius 2 is 1.88 bits per heavy atom. The number of rotatable bonds is 4. The maximum atomic E-state index is 13.6. The Morgan fingerprint density at radius 3 is 2.54 bits per heavy atom. The molecule has 0 bridgehead atoms. The third kappa shape index (κ3) is 3.00. The number of aliphatic carboxylic acids is 1. The predicted octanol–water partition coefficient (Wildman–Crippen LogP) is 3.14. The van der Waals surface area contributed by atoms with Gasteiger partial charge in [-0.15, -0.1) is 0 Å². The van der Waals surface area contributed by atoms with E-state index in [9.17, 15) is 19.1 Å². The summed E-state index contributed by atoms with van der Waals surface area (Å²) in [7, 11) is 0. The Bertz CT molecular complexity index is 981. The zero-order valence-electron chi connectivity index (χ0n) is 12.0. The molecule has 1 aromatic heterocycles. The molecule has 3 aromatic rings. The van der Waals surface area contributed by atoms with Gasteiger partial charge in [0, 0.05) is 33.9 Å². The highest BCUT2D eigenvalue weighted by atomic mass is 35.5. The number of aromatic nitrogens is 1. The number of carbonyl (C=O) groups is 2.